The van der Waals surface area contributed by atoms with E-state index >= 15 is 4.79 Å². The number of fused-ring (bicyclic) bond motifs is 7. The molecule has 554 valence electrons. The van der Waals surface area contributed by atoms with Gasteiger partial charge in [0, 0.05) is 60.9 Å². The third-order valence-corrected chi connectivity index (χ3v) is 18.8. The fourth-order valence-electron chi connectivity index (χ4n) is 11.6. The van der Waals surface area contributed by atoms with Crippen molar-refractivity contribution in [3.63, 3.8) is 0 Å². The third kappa shape index (κ3) is 27.6. The number of hydrogen-bond donors (Lipinski definition) is 13. The average molecular weight is 1440 g/mol. The zero-order valence-electron chi connectivity index (χ0n) is 57.2. The molecule has 4 aliphatic heterocycles. The second kappa shape index (κ2) is 40.3. The van der Waals surface area contributed by atoms with Gasteiger partial charge in [-0.15, -0.1) is 0 Å². The summed E-state index contributed by atoms with van der Waals surface area (Å²) in [6, 6.07) is -9.59. The Morgan fingerprint density at radius 1 is 0.610 bits per heavy atom. The Kier molecular flexibility index (Phi) is 33.0. The highest BCUT2D eigenvalue weighted by molar-refractivity contribution is 7.98. The molecule has 4 bridgehead atoms. The van der Waals surface area contributed by atoms with Crippen LogP contribution in [0.2, 0.25) is 0 Å². The lowest BCUT2D eigenvalue weighted by molar-refractivity contribution is -0.459. The molecule has 0 saturated carbocycles. The van der Waals surface area contributed by atoms with Gasteiger partial charge in [0.05, 0.1) is 13.2 Å². The Morgan fingerprint density at radius 3 is 1.72 bits per heavy atom. The van der Waals surface area contributed by atoms with Gasteiger partial charge in [0.1, 0.15) is 79.0 Å². The Hall–Kier alpha value is -8.96. The first kappa shape index (κ1) is 81.7. The molecule has 10 atom stereocenters. The van der Waals surface area contributed by atoms with Gasteiger partial charge in [-0.25, -0.2) is 0 Å². The fraction of sp³-hybridized carbons (Fsp3) is 0.656. The molecule has 1 aromatic carbocycles. The van der Waals surface area contributed by atoms with E-state index in [4.69, 9.17) is 32.5 Å². The van der Waals surface area contributed by atoms with Gasteiger partial charge in [-0.2, -0.15) is 23.5 Å². The molecule has 0 aromatic heterocycles. The van der Waals surface area contributed by atoms with E-state index in [2.05, 4.69) is 52.7 Å². The number of benzene rings is 1. The number of nitrogens with two attached hydrogens (primary N) is 4. The molecule has 0 unspecified atom stereocenters. The van der Waals surface area contributed by atoms with Crippen LogP contribution in [0.1, 0.15) is 148 Å². The summed E-state index contributed by atoms with van der Waals surface area (Å²) >= 11 is 2.38. The highest BCUT2D eigenvalue weighted by Gasteiger charge is 2.43. The maximum atomic E-state index is 15.2. The minimum absolute atomic E-state index is 0.00161. The van der Waals surface area contributed by atoms with Crippen molar-refractivity contribution in [1.82, 2.24) is 52.3 Å². The SMILES string of the molecule is CC(C)[C@@H]1NC(=O)[C@H](CC(=O)[O-])NC(=O)[C@H](CC(C)(C)C)NC(=O)[C@@H]2CCCN2C(=O)[C@@H]2CSCc3cc(cc(c3)OCCCCCCO/N=C/C(=O)N[C@@H](CCC[NH+]=C(N)N)C(=O)N2)CSC[C@@H](C(N)=O)NC(=O)[C@H](CCC(=O)[O-])NC(=O)[C@H](CCC(N)=O)NC(=O)[C@@H]2CCCN2C1=O. The fourth-order valence-corrected chi connectivity index (χ4v) is 13.6. The predicted molar refractivity (Wildman–Crippen MR) is 361 cm³/mol. The standard InChI is InChI=1S/C64H98N16O18S2/c1-35(2)52-62(96)80-22-12-15-47(80)59(93)73-40(16-18-48(65)81)55(89)72-41(17-19-50(83)84)56(90)76-44(53(66)87)33-99-31-36-25-37-27-38(26-36)97-23-8-6-7-9-24-98-70-30-49(82)71-39(13-10-20-69-63(67)68)54(88)77-45(34-100-32-37)61(95)79-21-11-14-46(79)60(94)75-43(29-64(3,4)5)58(92)74-42(28-51(85)86)57(91)78-52/h25-27,30,35,39-47,52H,6-24,28-29,31-34H2,1-5H3,(H2,65,81)(H2,66,87)(H,71,82)(H,72,89)(H,73,93)(H,74,92)(H,75,94)(H,76,90)(H,77,88)(H,78,91)(H,83,84)(H,85,86)(H4,67,68,69)/p-1/b70-30+/t39-,40-,41-,42-,43-,44-,45-,46-,47-,52-/m0/s1. The van der Waals surface area contributed by atoms with Gasteiger partial charge >= 0.3 is 5.96 Å². The number of carboxylic acids is 2. The van der Waals surface area contributed by atoms with E-state index in [-0.39, 0.29) is 107 Å². The van der Waals surface area contributed by atoms with Crippen LogP contribution in [0.25, 0.3) is 0 Å². The number of oxime groups is 1. The molecule has 4 aliphatic rings. The van der Waals surface area contributed by atoms with Crippen LogP contribution in [-0.4, -0.2) is 210 Å². The first-order valence-corrected chi connectivity index (χ1v) is 35.8. The molecule has 5 rings (SSSR count). The normalized spacial score (nSPS) is 25.8. The molecule has 36 heteroatoms. The molecule has 2 saturated heterocycles. The second-order valence-electron chi connectivity index (χ2n) is 26.6. The van der Waals surface area contributed by atoms with Crippen LogP contribution in [0.4, 0.5) is 0 Å². The zero-order chi connectivity index (χ0) is 73.8. The predicted octanol–water partition coefficient (Wildman–Crippen LogP) is -6.37. The first-order valence-electron chi connectivity index (χ1n) is 33.5. The Morgan fingerprint density at radius 2 is 1.14 bits per heavy atom. The molecule has 100 heavy (non-hydrogen) atoms. The van der Waals surface area contributed by atoms with E-state index in [0.717, 1.165) is 35.7 Å². The smallest absolute Gasteiger partial charge is 0.338 e. The van der Waals surface area contributed by atoms with Crippen LogP contribution < -0.4 is 85.4 Å². The van der Waals surface area contributed by atoms with Gasteiger partial charge < -0.3 is 93.2 Å². The van der Waals surface area contributed by atoms with Crippen LogP contribution in [0.5, 0.6) is 5.75 Å². The number of aliphatic carboxylic acids is 2. The number of nitrogens with zero attached hydrogens (tertiary/aromatic N) is 3. The largest absolute Gasteiger partial charge is 0.550 e. The number of hydrogen-bond acceptors (Lipinski definition) is 21. The van der Waals surface area contributed by atoms with E-state index in [1.54, 1.807) is 46.8 Å². The number of nitrogens with one attached hydrogen (secondary N) is 9. The maximum absolute atomic E-state index is 15.2. The van der Waals surface area contributed by atoms with Crippen LogP contribution in [0.3, 0.4) is 0 Å². The van der Waals surface area contributed by atoms with Crippen molar-refractivity contribution in [3.8, 4) is 5.75 Å². The van der Waals surface area contributed by atoms with Crippen molar-refractivity contribution >= 4 is 119 Å². The average Bonchev–Trinajstić information content (AvgIpc) is 1.63. The van der Waals surface area contributed by atoms with Crippen molar-refractivity contribution in [2.24, 2.45) is 39.4 Å². The van der Waals surface area contributed by atoms with Gasteiger partial charge in [-0.1, -0.05) is 45.8 Å². The van der Waals surface area contributed by atoms with E-state index in [1.807, 2.05) is 6.07 Å². The number of ether oxygens (including phenoxy) is 1. The lowest BCUT2D eigenvalue weighted by atomic mass is 9.87. The van der Waals surface area contributed by atoms with Crippen LogP contribution in [-0.2, 0) is 83.5 Å². The Labute approximate surface area is 588 Å². The molecule has 0 radical (unpaired) electrons. The first-order chi connectivity index (χ1) is 47.3. The van der Waals surface area contributed by atoms with Crippen molar-refractivity contribution in [2.75, 3.05) is 44.4 Å². The lowest BCUT2D eigenvalue weighted by Gasteiger charge is -2.33. The third-order valence-electron chi connectivity index (χ3n) is 16.6. The molecule has 1 aromatic rings. The molecular weight excluding hydrogens is 1340 g/mol. The van der Waals surface area contributed by atoms with E-state index < -0.39 is 187 Å². The zero-order valence-corrected chi connectivity index (χ0v) is 58.8. The van der Waals surface area contributed by atoms with Gasteiger partial charge in [0.25, 0.3) is 5.91 Å². The van der Waals surface area contributed by atoms with Crippen molar-refractivity contribution in [2.45, 2.75) is 209 Å². The number of rotatable bonds is 15. The summed E-state index contributed by atoms with van der Waals surface area (Å²) in [7, 11) is 0. The number of guanidine groups is 1. The number of carboxylic acid groups (broad SMARTS) is 2. The summed E-state index contributed by atoms with van der Waals surface area (Å²) in [5.74, 6) is -14.9. The highest BCUT2D eigenvalue weighted by Crippen LogP contribution is 2.28. The summed E-state index contributed by atoms with van der Waals surface area (Å²) < 4.78 is 6.26. The quantitative estimate of drug-likeness (QED) is 0.0441. The lowest BCUT2D eigenvalue weighted by Crippen LogP contribution is -2.78. The molecular formula is C64H97N16O18S2-. The summed E-state index contributed by atoms with van der Waals surface area (Å²) in [5, 5.41) is 48.5. The van der Waals surface area contributed by atoms with Gasteiger partial charge in [-0.05, 0) is 124 Å². The minimum Gasteiger partial charge on any atom is -0.550 e. The van der Waals surface area contributed by atoms with Gasteiger partial charge in [0.2, 0.25) is 65.0 Å². The monoisotopic (exact) mass is 1440 g/mol. The maximum Gasteiger partial charge on any atom is 0.338 e. The number of carbonyl (C=O) groups is 14. The van der Waals surface area contributed by atoms with Crippen LogP contribution in [0, 0.1) is 11.3 Å². The molecule has 0 spiro atoms. The molecule has 17 N–H and O–H groups in total. The van der Waals surface area contributed by atoms with Gasteiger partial charge in [0.15, 0.2) is 0 Å². The molecule has 0 aliphatic carbocycles. The second-order valence-corrected chi connectivity index (χ2v) is 28.6. The number of thioether (sulfide) groups is 2. The minimum atomic E-state index is -1.94. The highest BCUT2D eigenvalue weighted by atomic mass is 32.2. The van der Waals surface area contributed by atoms with Crippen molar-refractivity contribution < 1.29 is 91.9 Å². The van der Waals surface area contributed by atoms with E-state index in [9.17, 15) is 72.5 Å². The van der Waals surface area contributed by atoms with Crippen LogP contribution in [0.15, 0.2) is 23.4 Å². The van der Waals surface area contributed by atoms with Gasteiger partial charge in [-0.3, -0.25) is 74.0 Å². The van der Waals surface area contributed by atoms with Crippen molar-refractivity contribution in [3.05, 3.63) is 29.3 Å². The number of carbonyl (C=O) groups excluding carboxylic acids is 14. The van der Waals surface area contributed by atoms with E-state index in [1.165, 1.54) is 16.7 Å². The molecule has 12 amide bonds. The van der Waals surface area contributed by atoms with Crippen molar-refractivity contribution in [1.29, 1.82) is 0 Å². The molecule has 34 nitrogen and oxygen atoms in total. The van der Waals surface area contributed by atoms with Crippen LogP contribution >= 0.6 is 23.5 Å². The summed E-state index contributed by atoms with van der Waals surface area (Å²) in [4.78, 5) is 204. The topological polar surface area (TPSA) is 537 Å². The summed E-state index contributed by atoms with van der Waals surface area (Å²) in [6.07, 6.45) is 0.805. The summed E-state index contributed by atoms with van der Waals surface area (Å²) in [6.45, 7) is 8.92. The number of primary amides is 2. The summed E-state index contributed by atoms with van der Waals surface area (Å²) in [5.41, 5.74) is 23.1. The molecule has 2 fully saturated rings. The van der Waals surface area contributed by atoms with E-state index in [0.29, 0.717) is 29.7 Å². The molecule has 4 heterocycles. The Balaban J connectivity index is 1.62. The number of amides is 12. The Bertz CT molecular complexity index is 3170.